The summed E-state index contributed by atoms with van der Waals surface area (Å²) in [6.07, 6.45) is 1.33. The third-order valence-electron chi connectivity index (χ3n) is 1.17. The van der Waals surface area contributed by atoms with Crippen molar-refractivity contribution >= 4 is 23.4 Å². The Kier molecular flexibility index (Phi) is 3.32. The molecule has 0 saturated carbocycles. The second kappa shape index (κ2) is 4.51. The lowest BCUT2D eigenvalue weighted by atomic mass is 10.3. The summed E-state index contributed by atoms with van der Waals surface area (Å²) in [6, 6.07) is 0. The third-order valence-corrected chi connectivity index (χ3v) is 1.65. The Morgan fingerprint density at radius 3 is 3.08 bits per heavy atom. The number of nitrogens with zero attached hydrogens (tertiary/aromatic N) is 3. The first-order chi connectivity index (χ1) is 6.29. The topological polar surface area (TPSA) is 84.7 Å². The van der Waals surface area contributed by atoms with E-state index in [4.69, 9.17) is 5.21 Å². The first kappa shape index (κ1) is 9.59. The summed E-state index contributed by atoms with van der Waals surface area (Å²) in [6.45, 7) is 1.88. The van der Waals surface area contributed by atoms with E-state index >= 15 is 0 Å². The molecule has 1 aromatic heterocycles. The molecule has 0 saturated heterocycles. The van der Waals surface area contributed by atoms with Crippen LogP contribution < -0.4 is 0 Å². The summed E-state index contributed by atoms with van der Waals surface area (Å²) >= 11 is 0.919. The maximum absolute atomic E-state index is 11.1. The molecule has 1 N–H and O–H groups in total. The minimum absolute atomic E-state index is 0.214. The van der Waals surface area contributed by atoms with Crippen LogP contribution in [0, 0.1) is 0 Å². The minimum atomic E-state index is -0.710. The van der Waals surface area contributed by atoms with E-state index in [1.54, 1.807) is 6.92 Å². The van der Waals surface area contributed by atoms with Gasteiger partial charge in [0.05, 0.1) is 24.5 Å². The first-order valence-electron chi connectivity index (χ1n) is 3.46. The van der Waals surface area contributed by atoms with E-state index in [1.807, 2.05) is 0 Å². The van der Waals surface area contributed by atoms with E-state index in [0.717, 1.165) is 11.7 Å². The summed E-state index contributed by atoms with van der Waals surface area (Å²) in [4.78, 5) is 11.1. The van der Waals surface area contributed by atoms with Gasteiger partial charge in [-0.3, -0.25) is 0 Å². The van der Waals surface area contributed by atoms with Crippen molar-refractivity contribution in [3.63, 3.8) is 0 Å². The van der Waals surface area contributed by atoms with Gasteiger partial charge in [0.25, 0.3) is 0 Å². The monoisotopic (exact) mass is 201 g/mol. The standard InChI is InChI=1S/C6H7N3O3S/c1-2-12-6(10)5(8-11)4-3-7-13-9-4/h3,11H,2H2,1H3/b8-5+. The second-order valence-electron chi connectivity index (χ2n) is 1.96. The Bertz CT molecular complexity index is 309. The van der Waals surface area contributed by atoms with Crippen molar-refractivity contribution in [2.24, 2.45) is 5.16 Å². The predicted octanol–water partition coefficient (Wildman–Crippen LogP) is 0.280. The molecule has 13 heavy (non-hydrogen) atoms. The largest absolute Gasteiger partial charge is 0.461 e. The zero-order valence-electron chi connectivity index (χ0n) is 6.80. The van der Waals surface area contributed by atoms with Crippen molar-refractivity contribution in [3.8, 4) is 0 Å². The molecular formula is C6H7N3O3S. The van der Waals surface area contributed by atoms with Crippen LogP contribution in [-0.4, -0.2) is 32.2 Å². The molecular weight excluding hydrogens is 194 g/mol. The van der Waals surface area contributed by atoms with Gasteiger partial charge in [-0.1, -0.05) is 5.16 Å². The lowest BCUT2D eigenvalue weighted by Gasteiger charge is -1.99. The lowest BCUT2D eigenvalue weighted by molar-refractivity contribution is -0.135. The number of ether oxygens (including phenoxy) is 1. The predicted molar refractivity (Wildman–Crippen MR) is 44.9 cm³/mol. The summed E-state index contributed by atoms with van der Waals surface area (Å²) in [5.74, 6) is -0.710. The van der Waals surface area contributed by atoms with Crippen molar-refractivity contribution < 1.29 is 14.7 Å². The van der Waals surface area contributed by atoms with Crippen LogP contribution in [-0.2, 0) is 9.53 Å². The Morgan fingerprint density at radius 1 is 1.85 bits per heavy atom. The maximum atomic E-state index is 11.1. The highest BCUT2D eigenvalue weighted by Crippen LogP contribution is 2.00. The summed E-state index contributed by atoms with van der Waals surface area (Å²) in [5.41, 5.74) is -0.0125. The van der Waals surface area contributed by atoms with Crippen LogP contribution in [0.15, 0.2) is 11.4 Å². The van der Waals surface area contributed by atoms with Crippen LogP contribution in [0.3, 0.4) is 0 Å². The highest BCUT2D eigenvalue weighted by molar-refractivity contribution is 6.99. The number of hydrogen-bond acceptors (Lipinski definition) is 7. The van der Waals surface area contributed by atoms with Crippen LogP contribution in [0.4, 0.5) is 0 Å². The summed E-state index contributed by atoms with van der Waals surface area (Å²) in [5, 5.41) is 11.3. The zero-order valence-corrected chi connectivity index (χ0v) is 7.61. The summed E-state index contributed by atoms with van der Waals surface area (Å²) in [7, 11) is 0. The average Bonchev–Trinajstić information content (AvgIpc) is 2.59. The quantitative estimate of drug-likeness (QED) is 0.328. The van der Waals surface area contributed by atoms with Gasteiger partial charge in [-0.2, -0.15) is 8.75 Å². The van der Waals surface area contributed by atoms with Gasteiger partial charge in [0, 0.05) is 0 Å². The van der Waals surface area contributed by atoms with E-state index in [-0.39, 0.29) is 18.0 Å². The molecule has 1 rings (SSSR count). The van der Waals surface area contributed by atoms with Crippen LogP contribution in [0.2, 0.25) is 0 Å². The molecule has 1 aromatic rings. The maximum Gasteiger partial charge on any atom is 0.362 e. The van der Waals surface area contributed by atoms with Crippen LogP contribution in [0.1, 0.15) is 12.6 Å². The van der Waals surface area contributed by atoms with Crippen molar-refractivity contribution in [3.05, 3.63) is 11.9 Å². The smallest absolute Gasteiger partial charge is 0.362 e. The van der Waals surface area contributed by atoms with Gasteiger partial charge >= 0.3 is 5.97 Å². The number of aromatic nitrogens is 2. The normalized spacial score (nSPS) is 11.3. The van der Waals surface area contributed by atoms with E-state index in [9.17, 15) is 4.79 Å². The van der Waals surface area contributed by atoms with Gasteiger partial charge in [0.2, 0.25) is 5.71 Å². The zero-order chi connectivity index (χ0) is 9.68. The number of carbonyl (C=O) groups is 1. The molecule has 0 unspecified atom stereocenters. The number of rotatable bonds is 3. The molecule has 0 radical (unpaired) electrons. The van der Waals surface area contributed by atoms with E-state index < -0.39 is 5.97 Å². The Hall–Kier alpha value is -1.50. The highest BCUT2D eigenvalue weighted by atomic mass is 32.1. The average molecular weight is 201 g/mol. The minimum Gasteiger partial charge on any atom is -0.461 e. The number of esters is 1. The van der Waals surface area contributed by atoms with Gasteiger partial charge in [0.15, 0.2) is 0 Å². The Labute approximate surface area is 78.2 Å². The molecule has 0 aliphatic rings. The van der Waals surface area contributed by atoms with Crippen LogP contribution in [0.25, 0.3) is 0 Å². The first-order valence-corrected chi connectivity index (χ1v) is 4.19. The van der Waals surface area contributed by atoms with Crippen molar-refractivity contribution in [2.45, 2.75) is 6.92 Å². The van der Waals surface area contributed by atoms with Crippen molar-refractivity contribution in [1.82, 2.24) is 8.75 Å². The number of carbonyl (C=O) groups excluding carboxylic acids is 1. The molecule has 0 atom stereocenters. The Morgan fingerprint density at radius 2 is 2.62 bits per heavy atom. The molecule has 0 bridgehead atoms. The van der Waals surface area contributed by atoms with Gasteiger partial charge < -0.3 is 9.94 Å². The fourth-order valence-electron chi connectivity index (χ4n) is 0.665. The van der Waals surface area contributed by atoms with E-state index in [2.05, 4.69) is 18.6 Å². The molecule has 0 amide bonds. The second-order valence-corrected chi connectivity index (χ2v) is 2.52. The van der Waals surface area contributed by atoms with Crippen LogP contribution >= 0.6 is 11.7 Å². The van der Waals surface area contributed by atoms with E-state index in [0.29, 0.717) is 0 Å². The van der Waals surface area contributed by atoms with Gasteiger partial charge in [-0.15, -0.1) is 0 Å². The summed E-state index contributed by atoms with van der Waals surface area (Å²) < 4.78 is 12.0. The molecule has 7 heteroatoms. The van der Waals surface area contributed by atoms with Crippen LogP contribution in [0.5, 0.6) is 0 Å². The highest BCUT2D eigenvalue weighted by Gasteiger charge is 2.18. The molecule has 70 valence electrons. The Balaban J connectivity index is 2.82. The fraction of sp³-hybridized carbons (Fsp3) is 0.333. The van der Waals surface area contributed by atoms with Gasteiger partial charge in [-0.25, -0.2) is 4.79 Å². The third kappa shape index (κ3) is 2.22. The van der Waals surface area contributed by atoms with E-state index in [1.165, 1.54) is 6.20 Å². The molecule has 0 aliphatic heterocycles. The molecule has 1 heterocycles. The molecule has 6 nitrogen and oxygen atoms in total. The van der Waals surface area contributed by atoms with Gasteiger partial charge in [0.1, 0.15) is 5.69 Å². The molecule has 0 aliphatic carbocycles. The molecule has 0 spiro atoms. The SMILES string of the molecule is CCOC(=O)/C(=N/O)c1cnsn1. The van der Waals surface area contributed by atoms with Crippen molar-refractivity contribution in [1.29, 1.82) is 0 Å². The lowest BCUT2D eigenvalue weighted by Crippen LogP contribution is -2.19. The molecule has 0 fully saturated rings. The fourth-order valence-corrected chi connectivity index (χ4v) is 1.08. The molecule has 0 aromatic carbocycles. The number of oxime groups is 1. The van der Waals surface area contributed by atoms with Crippen molar-refractivity contribution in [2.75, 3.05) is 6.61 Å². The number of hydrogen-bond donors (Lipinski definition) is 1. The van der Waals surface area contributed by atoms with Gasteiger partial charge in [-0.05, 0) is 6.92 Å².